The Kier molecular flexibility index (Phi) is 7.07. The van der Waals surface area contributed by atoms with Gasteiger partial charge in [-0.15, -0.1) is 12.4 Å². The number of amides is 1. The highest BCUT2D eigenvalue weighted by Gasteiger charge is 2.22. The highest BCUT2D eigenvalue weighted by atomic mass is 35.5. The van der Waals surface area contributed by atoms with Crippen LogP contribution in [0.3, 0.4) is 0 Å². The molecule has 0 radical (unpaired) electrons. The Balaban J connectivity index is 0.00000242. The molecule has 1 atom stereocenters. The van der Waals surface area contributed by atoms with Crippen LogP contribution in [0.2, 0.25) is 0 Å². The van der Waals surface area contributed by atoms with Gasteiger partial charge < -0.3 is 15.0 Å². The maximum atomic E-state index is 12.1. The first-order valence-corrected chi connectivity index (χ1v) is 6.92. The van der Waals surface area contributed by atoms with Crippen LogP contribution in [0.25, 0.3) is 0 Å². The number of carbonyl (C=O) groups excluding carboxylic acids is 1. The van der Waals surface area contributed by atoms with Crippen molar-refractivity contribution in [3.05, 3.63) is 34.4 Å². The monoisotopic (exact) mass is 329 g/mol. The Hall–Kier alpha value is -1.86. The molecule has 8 heteroatoms. The fraction of sp³-hybridized carbons (Fsp3) is 0.500. The number of nitro groups is 1. The molecule has 7 nitrogen and oxygen atoms in total. The van der Waals surface area contributed by atoms with Crippen LogP contribution in [0, 0.1) is 10.1 Å². The summed E-state index contributed by atoms with van der Waals surface area (Å²) in [6.07, 6.45) is 2.03. The van der Waals surface area contributed by atoms with Crippen LogP contribution in [0.4, 0.5) is 5.69 Å². The van der Waals surface area contributed by atoms with Crippen molar-refractivity contribution in [1.29, 1.82) is 0 Å². The van der Waals surface area contributed by atoms with Crippen molar-refractivity contribution in [3.63, 3.8) is 0 Å². The van der Waals surface area contributed by atoms with Gasteiger partial charge in [-0.2, -0.15) is 0 Å². The molecule has 0 bridgehead atoms. The van der Waals surface area contributed by atoms with Crippen molar-refractivity contribution in [2.45, 2.75) is 18.9 Å². The fourth-order valence-electron chi connectivity index (χ4n) is 2.36. The third-order valence-corrected chi connectivity index (χ3v) is 3.57. The number of likely N-dealkylation sites (tertiary alicyclic amines) is 1. The number of rotatable bonds is 5. The second kappa shape index (κ2) is 8.55. The molecule has 0 spiro atoms. The number of halogens is 1. The quantitative estimate of drug-likeness (QED) is 0.655. The smallest absolute Gasteiger partial charge is 0.273 e. The molecule has 1 fully saturated rings. The molecule has 1 saturated heterocycles. The number of nitro benzene ring substituents is 1. The van der Waals surface area contributed by atoms with Crippen molar-refractivity contribution in [2.24, 2.45) is 0 Å². The zero-order valence-electron chi connectivity index (χ0n) is 12.4. The van der Waals surface area contributed by atoms with Crippen molar-refractivity contribution in [1.82, 2.24) is 10.2 Å². The number of hydrogen-bond donors (Lipinski definition) is 1. The summed E-state index contributed by atoms with van der Waals surface area (Å²) in [5, 5.41) is 13.8. The fourth-order valence-corrected chi connectivity index (χ4v) is 2.36. The van der Waals surface area contributed by atoms with Crippen molar-refractivity contribution < 1.29 is 14.5 Å². The lowest BCUT2D eigenvalue weighted by molar-refractivity contribution is -0.384. The molecular formula is C14H20ClN3O4. The average molecular weight is 330 g/mol. The van der Waals surface area contributed by atoms with E-state index in [1.807, 2.05) is 7.05 Å². The predicted octanol–water partition coefficient (Wildman–Crippen LogP) is 1.61. The van der Waals surface area contributed by atoms with Gasteiger partial charge in [0.25, 0.3) is 11.6 Å². The Morgan fingerprint density at radius 1 is 1.55 bits per heavy atom. The second-order valence-corrected chi connectivity index (χ2v) is 5.01. The summed E-state index contributed by atoms with van der Waals surface area (Å²) in [5.74, 6) is 0.237. The molecule has 0 aliphatic carbocycles. The number of benzene rings is 1. The number of carbonyl (C=O) groups is 1. The molecule has 1 aromatic carbocycles. The summed E-state index contributed by atoms with van der Waals surface area (Å²) in [7, 11) is 1.89. The minimum absolute atomic E-state index is 0. The Morgan fingerprint density at radius 3 is 3.00 bits per heavy atom. The zero-order valence-corrected chi connectivity index (χ0v) is 13.2. The van der Waals surface area contributed by atoms with Gasteiger partial charge in [0.05, 0.1) is 11.0 Å². The first kappa shape index (κ1) is 18.2. The van der Waals surface area contributed by atoms with Crippen LogP contribution in [0.5, 0.6) is 5.75 Å². The lowest BCUT2D eigenvalue weighted by Gasteiger charge is -2.32. The van der Waals surface area contributed by atoms with E-state index in [9.17, 15) is 14.9 Å². The Labute approximate surface area is 135 Å². The average Bonchev–Trinajstić information content (AvgIpc) is 2.53. The molecule has 1 aliphatic rings. The van der Waals surface area contributed by atoms with Gasteiger partial charge in [0.2, 0.25) is 0 Å². The summed E-state index contributed by atoms with van der Waals surface area (Å²) < 4.78 is 5.36. The molecule has 1 unspecified atom stereocenters. The van der Waals surface area contributed by atoms with Crippen molar-refractivity contribution >= 4 is 24.0 Å². The van der Waals surface area contributed by atoms with E-state index in [0.717, 1.165) is 19.4 Å². The first-order valence-electron chi connectivity index (χ1n) is 6.92. The zero-order chi connectivity index (χ0) is 15.2. The van der Waals surface area contributed by atoms with Gasteiger partial charge in [0.15, 0.2) is 6.61 Å². The largest absolute Gasteiger partial charge is 0.484 e. The van der Waals surface area contributed by atoms with Gasteiger partial charge in [-0.25, -0.2) is 0 Å². The summed E-state index contributed by atoms with van der Waals surface area (Å²) in [4.78, 5) is 24.0. The van der Waals surface area contributed by atoms with E-state index in [4.69, 9.17) is 4.74 Å². The highest BCUT2D eigenvalue weighted by Crippen LogP contribution is 2.19. The molecule has 22 heavy (non-hydrogen) atoms. The van der Waals surface area contributed by atoms with Crippen molar-refractivity contribution in [3.8, 4) is 5.75 Å². The number of nitrogens with one attached hydrogen (secondary N) is 1. The maximum Gasteiger partial charge on any atom is 0.273 e. The van der Waals surface area contributed by atoms with Crippen molar-refractivity contribution in [2.75, 3.05) is 26.7 Å². The Morgan fingerprint density at radius 2 is 2.32 bits per heavy atom. The Bertz CT molecular complexity index is 527. The van der Waals surface area contributed by atoms with E-state index in [1.54, 1.807) is 11.0 Å². The number of likely N-dealkylation sites (N-methyl/N-ethyl adjacent to an activating group) is 1. The SMILES string of the molecule is CNC1CCCN(C(=O)COc2cccc([N+](=O)[O-])c2)C1.Cl. The number of nitrogens with zero attached hydrogens (tertiary/aromatic N) is 2. The van der Waals surface area contributed by atoms with Gasteiger partial charge in [-0.1, -0.05) is 6.07 Å². The van der Waals surface area contributed by atoms with Crippen LogP contribution in [0.15, 0.2) is 24.3 Å². The van der Waals surface area contributed by atoms with Crippen LogP contribution >= 0.6 is 12.4 Å². The number of non-ortho nitro benzene ring substituents is 1. The van der Waals surface area contributed by atoms with E-state index in [0.29, 0.717) is 18.3 Å². The maximum absolute atomic E-state index is 12.1. The van der Waals surface area contributed by atoms with Crippen LogP contribution < -0.4 is 10.1 Å². The molecule has 0 saturated carbocycles. The van der Waals surface area contributed by atoms with Gasteiger partial charge in [-0.05, 0) is 26.0 Å². The first-order chi connectivity index (χ1) is 10.1. The summed E-state index contributed by atoms with van der Waals surface area (Å²) in [6, 6.07) is 6.17. The molecule has 1 heterocycles. The highest BCUT2D eigenvalue weighted by molar-refractivity contribution is 5.85. The standard InChI is InChI=1S/C14H19N3O4.ClH/c1-15-11-4-3-7-16(9-11)14(18)10-21-13-6-2-5-12(8-13)17(19)20;/h2,5-6,8,11,15H,3-4,7,9-10H2,1H3;1H. The third-order valence-electron chi connectivity index (χ3n) is 3.57. The summed E-state index contributed by atoms with van der Waals surface area (Å²) >= 11 is 0. The summed E-state index contributed by atoms with van der Waals surface area (Å²) in [6.45, 7) is 1.31. The topological polar surface area (TPSA) is 84.7 Å². The molecule has 1 amide bonds. The minimum Gasteiger partial charge on any atom is -0.484 e. The summed E-state index contributed by atoms with van der Waals surface area (Å²) in [5.41, 5.74) is -0.0480. The predicted molar refractivity (Wildman–Crippen MR) is 84.5 cm³/mol. The van der Waals surface area contributed by atoms with Crippen LogP contribution in [-0.2, 0) is 4.79 Å². The molecule has 1 aromatic rings. The van der Waals surface area contributed by atoms with Crippen LogP contribution in [-0.4, -0.2) is 48.5 Å². The normalized spacial score (nSPS) is 17.5. The number of ether oxygens (including phenoxy) is 1. The van der Waals surface area contributed by atoms with E-state index in [1.165, 1.54) is 18.2 Å². The van der Waals surface area contributed by atoms with Gasteiger partial charge in [0, 0.05) is 25.2 Å². The van der Waals surface area contributed by atoms with Gasteiger partial charge in [0.1, 0.15) is 5.75 Å². The lowest BCUT2D eigenvalue weighted by Crippen LogP contribution is -2.48. The van der Waals surface area contributed by atoms with Gasteiger partial charge in [-0.3, -0.25) is 14.9 Å². The second-order valence-electron chi connectivity index (χ2n) is 5.01. The molecule has 1 N–H and O–H groups in total. The van der Waals surface area contributed by atoms with Crippen LogP contribution in [0.1, 0.15) is 12.8 Å². The molecule has 2 rings (SSSR count). The van der Waals surface area contributed by atoms with E-state index >= 15 is 0 Å². The van der Waals surface area contributed by atoms with E-state index in [2.05, 4.69) is 5.32 Å². The molecule has 1 aliphatic heterocycles. The van der Waals surface area contributed by atoms with E-state index < -0.39 is 4.92 Å². The van der Waals surface area contributed by atoms with Gasteiger partial charge >= 0.3 is 0 Å². The minimum atomic E-state index is -0.489. The molecule has 122 valence electrons. The lowest BCUT2D eigenvalue weighted by atomic mass is 10.1. The molecular weight excluding hydrogens is 310 g/mol. The number of hydrogen-bond acceptors (Lipinski definition) is 5. The van der Waals surface area contributed by atoms with E-state index in [-0.39, 0.29) is 30.6 Å². The number of piperidine rings is 1. The third kappa shape index (κ3) is 4.85. The molecule has 0 aromatic heterocycles.